The molecule has 1 fully saturated rings. The van der Waals surface area contributed by atoms with Crippen LogP contribution in [-0.4, -0.2) is 13.1 Å². The summed E-state index contributed by atoms with van der Waals surface area (Å²) in [7, 11) is 1.48. The Morgan fingerprint density at radius 1 is 1.28 bits per heavy atom. The van der Waals surface area contributed by atoms with Crippen molar-refractivity contribution in [2.24, 2.45) is 5.41 Å². The molecular weight excluding hydrogens is 224 g/mol. The second-order valence-electron chi connectivity index (χ2n) is 5.45. The minimum absolute atomic E-state index is 0.112. The van der Waals surface area contributed by atoms with E-state index < -0.39 is 5.41 Å². The molecule has 2 aliphatic rings. The Hall–Kier alpha value is -1.57. The Bertz CT molecular complexity index is 499. The van der Waals surface area contributed by atoms with Gasteiger partial charge >= 0.3 is 5.97 Å². The maximum absolute atomic E-state index is 12.4. The van der Waals surface area contributed by atoms with Crippen LogP contribution in [0.1, 0.15) is 42.7 Å². The van der Waals surface area contributed by atoms with E-state index in [2.05, 4.69) is 30.8 Å². The maximum Gasteiger partial charge on any atom is 0.317 e. The van der Waals surface area contributed by atoms with E-state index in [1.807, 2.05) is 6.92 Å². The molecule has 2 aliphatic carbocycles. The van der Waals surface area contributed by atoms with Gasteiger partial charge in [-0.05, 0) is 30.9 Å². The predicted molar refractivity (Wildman–Crippen MR) is 70.4 cm³/mol. The van der Waals surface area contributed by atoms with Crippen LogP contribution in [0.4, 0.5) is 0 Å². The fourth-order valence-electron chi connectivity index (χ4n) is 4.20. The number of hydrogen-bond donors (Lipinski definition) is 0. The van der Waals surface area contributed by atoms with E-state index in [1.54, 1.807) is 0 Å². The fraction of sp³-hybridized carbons (Fsp3) is 0.438. The molecule has 18 heavy (non-hydrogen) atoms. The molecule has 2 nitrogen and oxygen atoms in total. The van der Waals surface area contributed by atoms with Crippen LogP contribution in [0.25, 0.3) is 0 Å². The number of ether oxygens (including phenoxy) is 1. The van der Waals surface area contributed by atoms with Gasteiger partial charge in [0.15, 0.2) is 0 Å². The number of carbonyl (C=O) groups excluding carboxylic acids is 1. The monoisotopic (exact) mass is 242 g/mol. The molecule has 2 atom stereocenters. The normalized spacial score (nSPS) is 32.1. The lowest BCUT2D eigenvalue weighted by Crippen LogP contribution is -2.36. The zero-order chi connectivity index (χ0) is 12.9. The summed E-state index contributed by atoms with van der Waals surface area (Å²) in [4.78, 5) is 12.4. The Morgan fingerprint density at radius 3 is 2.17 bits per heavy atom. The molecule has 0 aromatic heterocycles. The average molecular weight is 242 g/mol. The predicted octanol–water partition coefficient (Wildman–Crippen LogP) is 3.40. The van der Waals surface area contributed by atoms with Gasteiger partial charge in [-0.15, -0.1) is 0 Å². The molecule has 0 saturated heterocycles. The molecule has 2 bridgehead atoms. The van der Waals surface area contributed by atoms with Crippen molar-refractivity contribution in [3.05, 3.63) is 47.5 Å². The van der Waals surface area contributed by atoms with Crippen molar-refractivity contribution in [2.45, 2.75) is 31.6 Å². The second-order valence-corrected chi connectivity index (χ2v) is 5.45. The molecular formula is C16H18O2. The first-order valence-corrected chi connectivity index (χ1v) is 6.47. The molecule has 94 valence electrons. The molecule has 0 heterocycles. The number of esters is 1. The SMILES string of the molecule is C=C(C)C1(C(=O)OC)[C@H]2CC[C@H]1c1ccccc12. The molecule has 0 aliphatic heterocycles. The van der Waals surface area contributed by atoms with E-state index in [-0.39, 0.29) is 17.8 Å². The number of rotatable bonds is 2. The highest BCUT2D eigenvalue weighted by molar-refractivity contribution is 5.86. The Morgan fingerprint density at radius 2 is 1.78 bits per heavy atom. The minimum Gasteiger partial charge on any atom is -0.468 e. The number of methoxy groups -OCH3 is 1. The zero-order valence-corrected chi connectivity index (χ0v) is 10.9. The lowest BCUT2D eigenvalue weighted by molar-refractivity contribution is -0.151. The van der Waals surface area contributed by atoms with Crippen molar-refractivity contribution in [1.29, 1.82) is 0 Å². The van der Waals surface area contributed by atoms with E-state index in [4.69, 9.17) is 4.74 Å². The van der Waals surface area contributed by atoms with Crippen molar-refractivity contribution in [1.82, 2.24) is 0 Å². The van der Waals surface area contributed by atoms with Gasteiger partial charge in [-0.2, -0.15) is 0 Å². The zero-order valence-electron chi connectivity index (χ0n) is 10.9. The summed E-state index contributed by atoms with van der Waals surface area (Å²) in [6, 6.07) is 8.42. The topological polar surface area (TPSA) is 26.3 Å². The molecule has 0 unspecified atom stereocenters. The van der Waals surface area contributed by atoms with Crippen molar-refractivity contribution >= 4 is 5.97 Å². The summed E-state index contributed by atoms with van der Waals surface area (Å²) in [5.41, 5.74) is 3.07. The van der Waals surface area contributed by atoms with Crippen molar-refractivity contribution in [2.75, 3.05) is 7.11 Å². The second kappa shape index (κ2) is 3.71. The first-order chi connectivity index (χ1) is 8.64. The lowest BCUT2D eigenvalue weighted by atomic mass is 9.71. The standard InChI is InChI=1S/C16H18O2/c1-10(2)16(15(17)18-3)13-8-9-14(16)12-7-5-4-6-11(12)13/h4-7,13-14H,1,8-9H2,2-3H3/t13-,14-/m0/s1. The molecule has 0 radical (unpaired) electrons. The molecule has 0 spiro atoms. The van der Waals surface area contributed by atoms with Gasteiger partial charge in [-0.3, -0.25) is 4.79 Å². The third-order valence-electron chi connectivity index (χ3n) is 4.82. The molecule has 1 aromatic rings. The molecule has 1 aromatic carbocycles. The smallest absolute Gasteiger partial charge is 0.317 e. The van der Waals surface area contributed by atoms with Crippen LogP contribution in [0.2, 0.25) is 0 Å². The summed E-state index contributed by atoms with van der Waals surface area (Å²) in [5.74, 6) is 0.394. The third-order valence-corrected chi connectivity index (χ3v) is 4.82. The quantitative estimate of drug-likeness (QED) is 0.587. The molecule has 0 N–H and O–H groups in total. The Balaban J connectivity index is 2.22. The summed E-state index contributed by atoms with van der Waals surface area (Å²) in [6.07, 6.45) is 2.12. The van der Waals surface area contributed by atoms with Crippen LogP contribution < -0.4 is 0 Å². The largest absolute Gasteiger partial charge is 0.468 e. The van der Waals surface area contributed by atoms with Gasteiger partial charge in [0.2, 0.25) is 0 Å². The first kappa shape index (κ1) is 11.5. The molecule has 2 heteroatoms. The third kappa shape index (κ3) is 1.11. The van der Waals surface area contributed by atoms with Gasteiger partial charge in [-0.25, -0.2) is 0 Å². The first-order valence-electron chi connectivity index (χ1n) is 6.47. The molecule has 1 saturated carbocycles. The van der Waals surface area contributed by atoms with Crippen LogP contribution in [0.3, 0.4) is 0 Å². The van der Waals surface area contributed by atoms with E-state index in [0.717, 1.165) is 18.4 Å². The maximum atomic E-state index is 12.4. The number of carbonyl (C=O) groups is 1. The summed E-state index contributed by atoms with van der Waals surface area (Å²) < 4.78 is 5.11. The fourth-order valence-corrected chi connectivity index (χ4v) is 4.20. The highest BCUT2D eigenvalue weighted by Crippen LogP contribution is 2.67. The Kier molecular flexibility index (Phi) is 2.37. The highest BCUT2D eigenvalue weighted by Gasteiger charge is 2.62. The molecule has 0 amide bonds. The number of hydrogen-bond acceptors (Lipinski definition) is 2. The number of benzene rings is 1. The van der Waals surface area contributed by atoms with E-state index >= 15 is 0 Å². The summed E-state index contributed by atoms with van der Waals surface area (Å²) in [6.45, 7) is 6.07. The Labute approximate surface area is 108 Å². The van der Waals surface area contributed by atoms with Crippen LogP contribution in [0, 0.1) is 5.41 Å². The lowest BCUT2D eigenvalue weighted by Gasteiger charge is -2.32. The van der Waals surface area contributed by atoms with Crippen LogP contribution in [0.15, 0.2) is 36.4 Å². The van der Waals surface area contributed by atoms with E-state index in [0.29, 0.717) is 0 Å². The van der Waals surface area contributed by atoms with Crippen molar-refractivity contribution in [3.63, 3.8) is 0 Å². The van der Waals surface area contributed by atoms with E-state index in [1.165, 1.54) is 18.2 Å². The van der Waals surface area contributed by atoms with Crippen LogP contribution in [0.5, 0.6) is 0 Å². The van der Waals surface area contributed by atoms with Gasteiger partial charge < -0.3 is 4.74 Å². The van der Waals surface area contributed by atoms with Gasteiger partial charge in [0.05, 0.1) is 7.11 Å². The summed E-state index contributed by atoms with van der Waals surface area (Å²) >= 11 is 0. The number of fused-ring (bicyclic) bond motifs is 5. The van der Waals surface area contributed by atoms with Crippen molar-refractivity contribution in [3.8, 4) is 0 Å². The van der Waals surface area contributed by atoms with Gasteiger partial charge in [0.1, 0.15) is 5.41 Å². The van der Waals surface area contributed by atoms with Gasteiger partial charge in [-0.1, -0.05) is 36.4 Å². The molecule has 3 rings (SSSR count). The average Bonchev–Trinajstić information content (AvgIpc) is 2.91. The highest BCUT2D eigenvalue weighted by atomic mass is 16.5. The van der Waals surface area contributed by atoms with Crippen LogP contribution in [-0.2, 0) is 9.53 Å². The van der Waals surface area contributed by atoms with Gasteiger partial charge in [0, 0.05) is 11.8 Å². The minimum atomic E-state index is -0.515. The van der Waals surface area contributed by atoms with Crippen molar-refractivity contribution < 1.29 is 9.53 Å². The summed E-state index contributed by atoms with van der Waals surface area (Å²) in [5, 5.41) is 0. The van der Waals surface area contributed by atoms with E-state index in [9.17, 15) is 4.79 Å². The van der Waals surface area contributed by atoms with Gasteiger partial charge in [0.25, 0.3) is 0 Å². The van der Waals surface area contributed by atoms with Crippen LogP contribution >= 0.6 is 0 Å².